The Hall–Kier alpha value is -2.95. The van der Waals surface area contributed by atoms with E-state index in [1.165, 1.54) is 32.4 Å². The average molecular weight is 500 g/mol. The van der Waals surface area contributed by atoms with E-state index in [0.29, 0.717) is 27.6 Å². The highest BCUT2D eigenvalue weighted by atomic mass is 35.5. The van der Waals surface area contributed by atoms with E-state index in [2.05, 4.69) is 10.2 Å². The zero-order valence-corrected chi connectivity index (χ0v) is 18.8. The highest BCUT2D eigenvalue weighted by molar-refractivity contribution is 6.30. The average Bonchev–Trinajstić information content (AvgIpc) is 3.16. The SMILES string of the molecule is COc1cccc(C2OC(CC(=O)O)c3nnc(C(F)(F)Cl)n3-c3ccc(Cl)cc32)c1OC. The molecule has 0 amide bonds. The van der Waals surface area contributed by atoms with Gasteiger partial charge in [-0.1, -0.05) is 23.7 Å². The van der Waals surface area contributed by atoms with Gasteiger partial charge < -0.3 is 19.3 Å². The maximum absolute atomic E-state index is 14.2. The number of benzene rings is 2. The number of fused-ring (bicyclic) bond motifs is 3. The van der Waals surface area contributed by atoms with Crippen molar-refractivity contribution in [2.75, 3.05) is 14.2 Å². The summed E-state index contributed by atoms with van der Waals surface area (Å²) < 4.78 is 46.6. The van der Waals surface area contributed by atoms with Gasteiger partial charge in [0.2, 0.25) is 5.82 Å². The van der Waals surface area contributed by atoms with Gasteiger partial charge in [0.1, 0.15) is 12.2 Å². The topological polar surface area (TPSA) is 95.7 Å². The molecule has 33 heavy (non-hydrogen) atoms. The summed E-state index contributed by atoms with van der Waals surface area (Å²) in [7, 11) is 2.90. The van der Waals surface area contributed by atoms with Crippen LogP contribution in [0.5, 0.6) is 11.5 Å². The number of carboxylic acid groups (broad SMARTS) is 1. The first-order valence-electron chi connectivity index (χ1n) is 9.56. The number of carboxylic acids is 1. The van der Waals surface area contributed by atoms with Crippen LogP contribution < -0.4 is 9.47 Å². The minimum absolute atomic E-state index is 0.138. The number of aromatic nitrogens is 3. The number of ether oxygens (including phenoxy) is 3. The Balaban J connectivity index is 2.04. The molecule has 174 valence electrons. The van der Waals surface area contributed by atoms with Crippen LogP contribution in [-0.2, 0) is 14.9 Å². The molecule has 2 unspecified atom stereocenters. The second kappa shape index (κ2) is 8.77. The van der Waals surface area contributed by atoms with E-state index in [4.69, 9.17) is 37.4 Å². The predicted octanol–water partition coefficient (Wildman–Crippen LogP) is 4.86. The molecule has 12 heteroatoms. The maximum Gasteiger partial charge on any atom is 0.382 e. The highest BCUT2D eigenvalue weighted by Gasteiger charge is 2.42. The lowest BCUT2D eigenvalue weighted by Gasteiger charge is -2.24. The molecule has 2 aromatic carbocycles. The quantitative estimate of drug-likeness (QED) is 0.483. The number of halogens is 4. The Morgan fingerprint density at radius 3 is 2.61 bits per heavy atom. The molecule has 0 aliphatic carbocycles. The summed E-state index contributed by atoms with van der Waals surface area (Å²) in [5.41, 5.74) is 1.02. The van der Waals surface area contributed by atoms with Crippen LogP contribution in [0.1, 0.15) is 41.4 Å². The lowest BCUT2D eigenvalue weighted by Crippen LogP contribution is -2.17. The first kappa shape index (κ1) is 23.2. The van der Waals surface area contributed by atoms with Gasteiger partial charge in [-0.3, -0.25) is 9.36 Å². The molecule has 1 N–H and O–H groups in total. The minimum atomic E-state index is -3.89. The smallest absolute Gasteiger partial charge is 0.382 e. The summed E-state index contributed by atoms with van der Waals surface area (Å²) in [6.07, 6.45) is -2.81. The zero-order chi connectivity index (χ0) is 23.9. The van der Waals surface area contributed by atoms with Gasteiger partial charge in [0.15, 0.2) is 17.3 Å². The molecule has 2 heterocycles. The van der Waals surface area contributed by atoms with E-state index < -0.39 is 35.8 Å². The van der Waals surface area contributed by atoms with Gasteiger partial charge in [-0.05, 0) is 35.9 Å². The van der Waals surface area contributed by atoms with E-state index in [-0.39, 0.29) is 11.5 Å². The summed E-state index contributed by atoms with van der Waals surface area (Å²) in [4.78, 5) is 11.6. The standard InChI is InChI=1S/C21H17Cl2F2N3O5/c1-31-14-5-3-4-11(18(14)32-2)17-12-8-10(22)6-7-13(12)28-19(15(33-17)9-16(29)30)26-27-20(28)21(23,24)25/h3-8,15,17H,9H2,1-2H3,(H,29,30). The third kappa shape index (κ3) is 4.21. The van der Waals surface area contributed by atoms with Crippen LogP contribution in [0.25, 0.3) is 5.69 Å². The van der Waals surface area contributed by atoms with Crippen molar-refractivity contribution < 1.29 is 32.9 Å². The number of aliphatic carboxylic acids is 1. The van der Waals surface area contributed by atoms with Crippen molar-refractivity contribution >= 4 is 29.2 Å². The summed E-state index contributed by atoms with van der Waals surface area (Å²) in [5.74, 6) is -1.52. The molecule has 1 aromatic heterocycles. The van der Waals surface area contributed by atoms with Gasteiger partial charge in [0, 0.05) is 16.1 Å². The van der Waals surface area contributed by atoms with Crippen molar-refractivity contribution in [1.82, 2.24) is 14.8 Å². The lowest BCUT2D eigenvalue weighted by molar-refractivity contribution is -0.141. The van der Waals surface area contributed by atoms with Crippen molar-refractivity contribution in [3.05, 3.63) is 64.2 Å². The normalized spacial score (nSPS) is 17.6. The number of para-hydroxylation sites is 1. The number of hydrogen-bond donors (Lipinski definition) is 1. The molecule has 3 aromatic rings. The summed E-state index contributed by atoms with van der Waals surface area (Å²) in [6, 6.07) is 9.58. The second-order valence-electron chi connectivity index (χ2n) is 7.10. The number of hydrogen-bond acceptors (Lipinski definition) is 6. The van der Waals surface area contributed by atoms with Gasteiger partial charge in [0.25, 0.3) is 0 Å². The van der Waals surface area contributed by atoms with E-state index in [0.717, 1.165) is 4.57 Å². The van der Waals surface area contributed by atoms with Gasteiger partial charge in [-0.2, -0.15) is 8.78 Å². The molecule has 0 radical (unpaired) electrons. The summed E-state index contributed by atoms with van der Waals surface area (Å²) >= 11 is 11.6. The van der Waals surface area contributed by atoms with E-state index >= 15 is 0 Å². The van der Waals surface area contributed by atoms with Crippen molar-refractivity contribution in [3.8, 4) is 17.2 Å². The fourth-order valence-corrected chi connectivity index (χ4v) is 4.12. The molecule has 8 nitrogen and oxygen atoms in total. The molecular weight excluding hydrogens is 483 g/mol. The van der Waals surface area contributed by atoms with Crippen LogP contribution in [0.15, 0.2) is 36.4 Å². The van der Waals surface area contributed by atoms with Gasteiger partial charge in [-0.25, -0.2) is 0 Å². The fourth-order valence-electron chi connectivity index (χ4n) is 3.82. The largest absolute Gasteiger partial charge is 0.493 e. The Morgan fingerprint density at radius 2 is 1.97 bits per heavy atom. The molecule has 0 saturated heterocycles. The number of methoxy groups -OCH3 is 2. The number of nitrogens with zero attached hydrogens (tertiary/aromatic N) is 3. The number of carbonyl (C=O) groups is 1. The van der Waals surface area contributed by atoms with Crippen LogP contribution in [0, 0.1) is 0 Å². The van der Waals surface area contributed by atoms with Crippen molar-refractivity contribution in [2.45, 2.75) is 24.0 Å². The Morgan fingerprint density at radius 1 is 1.21 bits per heavy atom. The minimum Gasteiger partial charge on any atom is -0.493 e. The van der Waals surface area contributed by atoms with Gasteiger partial charge >= 0.3 is 11.4 Å². The molecule has 2 atom stereocenters. The van der Waals surface area contributed by atoms with Crippen molar-refractivity contribution in [1.29, 1.82) is 0 Å². The third-order valence-electron chi connectivity index (χ3n) is 5.12. The molecule has 0 saturated carbocycles. The van der Waals surface area contributed by atoms with E-state index in [1.54, 1.807) is 18.2 Å². The monoisotopic (exact) mass is 499 g/mol. The third-order valence-corrected chi connectivity index (χ3v) is 5.52. The van der Waals surface area contributed by atoms with Gasteiger partial charge in [0.05, 0.1) is 26.3 Å². The first-order chi connectivity index (χ1) is 15.7. The molecule has 0 bridgehead atoms. The lowest BCUT2D eigenvalue weighted by atomic mass is 9.98. The second-order valence-corrected chi connectivity index (χ2v) is 8.01. The van der Waals surface area contributed by atoms with Crippen LogP contribution in [0.2, 0.25) is 5.02 Å². The zero-order valence-electron chi connectivity index (χ0n) is 17.3. The highest BCUT2D eigenvalue weighted by Crippen LogP contribution is 2.47. The maximum atomic E-state index is 14.2. The van der Waals surface area contributed by atoms with Crippen LogP contribution in [-0.4, -0.2) is 40.1 Å². The van der Waals surface area contributed by atoms with Gasteiger partial charge in [-0.15, -0.1) is 10.2 Å². The first-order valence-corrected chi connectivity index (χ1v) is 10.3. The van der Waals surface area contributed by atoms with Crippen LogP contribution in [0.4, 0.5) is 8.78 Å². The Kier molecular flexibility index (Phi) is 6.17. The van der Waals surface area contributed by atoms with Crippen molar-refractivity contribution in [3.63, 3.8) is 0 Å². The molecular formula is C21H17Cl2F2N3O5. The number of rotatable bonds is 6. The van der Waals surface area contributed by atoms with E-state index in [1.807, 2.05) is 0 Å². The Labute approximate surface area is 196 Å². The van der Waals surface area contributed by atoms with Crippen LogP contribution >= 0.6 is 23.2 Å². The Bertz CT molecular complexity index is 1220. The number of alkyl halides is 3. The van der Waals surface area contributed by atoms with Crippen LogP contribution in [0.3, 0.4) is 0 Å². The van der Waals surface area contributed by atoms with Crippen molar-refractivity contribution in [2.24, 2.45) is 0 Å². The predicted molar refractivity (Wildman–Crippen MR) is 114 cm³/mol. The van der Waals surface area contributed by atoms with E-state index in [9.17, 15) is 18.7 Å². The fraction of sp³-hybridized carbons (Fsp3) is 0.286. The molecule has 0 fully saturated rings. The summed E-state index contributed by atoms with van der Waals surface area (Å²) in [6.45, 7) is 0. The summed E-state index contributed by atoms with van der Waals surface area (Å²) in [5, 5.41) is 13.2. The molecule has 1 aliphatic heterocycles. The molecule has 1 aliphatic rings. The molecule has 4 rings (SSSR count). The molecule has 0 spiro atoms.